The molecule has 1 rings (SSSR count). The summed E-state index contributed by atoms with van der Waals surface area (Å²) >= 11 is 0. The van der Waals surface area contributed by atoms with E-state index in [1.165, 1.54) is 0 Å². The Balaban J connectivity index is 0.000000583. The third-order valence-corrected chi connectivity index (χ3v) is 2.24. The molecule has 0 bridgehead atoms. The zero-order chi connectivity index (χ0) is 12.0. The largest absolute Gasteiger partial charge is 0.394 e. The highest BCUT2D eigenvalue weighted by Gasteiger charge is 2.43. The van der Waals surface area contributed by atoms with E-state index in [0.29, 0.717) is 0 Å². The molecular formula is C8H16B3O4. The smallest absolute Gasteiger partial charge is 0.111 e. The Labute approximate surface area is 94.0 Å². The molecule has 1 unspecified atom stereocenters. The monoisotopic (exact) mass is 209 g/mol. The summed E-state index contributed by atoms with van der Waals surface area (Å²) in [4.78, 5) is 0. The van der Waals surface area contributed by atoms with Gasteiger partial charge in [-0.3, -0.25) is 0 Å². The summed E-state index contributed by atoms with van der Waals surface area (Å²) in [5.74, 6) is 0.145. The predicted octanol–water partition coefficient (Wildman–Crippen LogP) is -2.02. The topological polar surface area (TPSA) is 69.9 Å². The minimum atomic E-state index is -0.956. The molecule has 4 nitrogen and oxygen atoms in total. The van der Waals surface area contributed by atoms with Gasteiger partial charge in [-0.05, 0) is 5.92 Å². The maximum atomic E-state index is 9.44. The standard InChI is InChI=1S/C8H16O4.B3/c1-4(2)8-7(11)6(10)5(3-9)12-8;1-3-2/h4-11H,3H2,1-2H3;/t5-,6+,7?,8+;/m1./s1. The second-order valence-electron chi connectivity index (χ2n) is 3.74. The van der Waals surface area contributed by atoms with Crippen molar-refractivity contribution >= 4 is 22.5 Å². The fraction of sp³-hybridized carbons (Fsp3) is 1.00. The van der Waals surface area contributed by atoms with E-state index in [9.17, 15) is 10.2 Å². The van der Waals surface area contributed by atoms with Crippen LogP contribution in [0.25, 0.3) is 0 Å². The number of hydrogen-bond donors (Lipinski definition) is 3. The van der Waals surface area contributed by atoms with Crippen molar-refractivity contribution in [3.05, 3.63) is 0 Å². The quantitative estimate of drug-likeness (QED) is 0.459. The SMILES string of the molecule is CC(C)[C@@H]1O[C@H](CO)[C@H](O)C1O.[B][B][B]. The molecule has 3 N–H and O–H groups in total. The van der Waals surface area contributed by atoms with Gasteiger partial charge in [-0.25, -0.2) is 0 Å². The molecule has 0 aromatic carbocycles. The van der Waals surface area contributed by atoms with E-state index in [0.717, 1.165) is 7.06 Å². The Hall–Kier alpha value is 0.0348. The van der Waals surface area contributed by atoms with Gasteiger partial charge in [0.2, 0.25) is 0 Å². The van der Waals surface area contributed by atoms with Crippen molar-refractivity contribution < 1.29 is 20.1 Å². The van der Waals surface area contributed by atoms with E-state index in [-0.39, 0.29) is 18.6 Å². The predicted molar refractivity (Wildman–Crippen MR) is 59.9 cm³/mol. The van der Waals surface area contributed by atoms with Crippen LogP contribution in [-0.2, 0) is 4.74 Å². The lowest BCUT2D eigenvalue weighted by Gasteiger charge is -2.17. The van der Waals surface area contributed by atoms with Crippen molar-refractivity contribution in [2.75, 3.05) is 6.61 Å². The highest BCUT2D eigenvalue weighted by molar-refractivity contribution is 7.17. The summed E-state index contributed by atoms with van der Waals surface area (Å²) < 4.78 is 5.25. The van der Waals surface area contributed by atoms with Crippen molar-refractivity contribution in [2.45, 2.75) is 38.3 Å². The van der Waals surface area contributed by atoms with Crippen LogP contribution in [0, 0.1) is 5.92 Å². The fourth-order valence-corrected chi connectivity index (χ4v) is 1.48. The Morgan fingerprint density at radius 2 is 1.73 bits per heavy atom. The van der Waals surface area contributed by atoms with Crippen LogP contribution in [0.1, 0.15) is 13.8 Å². The number of ether oxygens (including phenoxy) is 1. The van der Waals surface area contributed by atoms with Gasteiger partial charge in [0.25, 0.3) is 0 Å². The summed E-state index contributed by atoms with van der Waals surface area (Å²) in [6, 6.07) is 0. The van der Waals surface area contributed by atoms with Gasteiger partial charge in [0.1, 0.15) is 18.3 Å². The van der Waals surface area contributed by atoms with E-state index < -0.39 is 18.3 Å². The summed E-state index contributed by atoms with van der Waals surface area (Å²) in [6.07, 6.45) is -2.82. The molecule has 1 heterocycles. The fourth-order valence-electron chi connectivity index (χ4n) is 1.48. The van der Waals surface area contributed by atoms with Gasteiger partial charge in [0, 0.05) is 22.5 Å². The number of rotatable bonds is 2. The molecule has 1 fully saturated rings. The number of aliphatic hydroxyl groups excluding tert-OH is 3. The zero-order valence-corrected chi connectivity index (χ0v) is 9.08. The molecule has 0 amide bonds. The molecule has 7 heteroatoms. The molecule has 1 aliphatic heterocycles. The van der Waals surface area contributed by atoms with Crippen LogP contribution in [0.15, 0.2) is 0 Å². The molecule has 5 radical (unpaired) electrons. The molecule has 0 aromatic rings. The van der Waals surface area contributed by atoms with E-state index in [1.807, 2.05) is 13.8 Å². The summed E-state index contributed by atoms with van der Waals surface area (Å²) in [7, 11) is 10.0. The van der Waals surface area contributed by atoms with E-state index in [1.54, 1.807) is 0 Å². The van der Waals surface area contributed by atoms with E-state index >= 15 is 0 Å². The van der Waals surface area contributed by atoms with Gasteiger partial charge in [-0.1, -0.05) is 13.8 Å². The maximum absolute atomic E-state index is 9.44. The van der Waals surface area contributed by atoms with Gasteiger partial charge in [0.05, 0.1) is 12.7 Å². The first-order valence-electron chi connectivity index (χ1n) is 4.87. The molecule has 0 aromatic heterocycles. The minimum absolute atomic E-state index is 0.145. The van der Waals surface area contributed by atoms with Crippen LogP contribution < -0.4 is 0 Å². The van der Waals surface area contributed by atoms with E-state index in [2.05, 4.69) is 15.5 Å². The van der Waals surface area contributed by atoms with Crippen LogP contribution in [0.5, 0.6) is 0 Å². The van der Waals surface area contributed by atoms with Crippen LogP contribution >= 0.6 is 0 Å². The summed E-state index contributed by atoms with van der Waals surface area (Å²) in [5, 5.41) is 27.5. The average Bonchev–Trinajstić information content (AvgIpc) is 2.45. The molecule has 1 aliphatic rings. The lowest BCUT2D eigenvalue weighted by molar-refractivity contribution is -0.0369. The first kappa shape index (κ1) is 15.0. The van der Waals surface area contributed by atoms with E-state index in [4.69, 9.17) is 9.84 Å². The van der Waals surface area contributed by atoms with Crippen LogP contribution in [0.3, 0.4) is 0 Å². The average molecular weight is 209 g/mol. The van der Waals surface area contributed by atoms with Crippen LogP contribution in [0.4, 0.5) is 0 Å². The van der Waals surface area contributed by atoms with Crippen molar-refractivity contribution in [1.82, 2.24) is 0 Å². The van der Waals surface area contributed by atoms with Crippen molar-refractivity contribution in [2.24, 2.45) is 5.92 Å². The van der Waals surface area contributed by atoms with Gasteiger partial charge < -0.3 is 20.1 Å². The number of aliphatic hydroxyl groups is 3. The Morgan fingerprint density at radius 1 is 1.27 bits per heavy atom. The van der Waals surface area contributed by atoms with Crippen molar-refractivity contribution in [3.8, 4) is 0 Å². The van der Waals surface area contributed by atoms with Crippen molar-refractivity contribution in [1.29, 1.82) is 0 Å². The Morgan fingerprint density at radius 3 is 1.93 bits per heavy atom. The molecule has 4 atom stereocenters. The van der Waals surface area contributed by atoms with Gasteiger partial charge in [-0.2, -0.15) is 0 Å². The van der Waals surface area contributed by atoms with Gasteiger partial charge >= 0.3 is 0 Å². The van der Waals surface area contributed by atoms with Crippen LogP contribution in [-0.4, -0.2) is 68.9 Å². The summed E-state index contributed by atoms with van der Waals surface area (Å²) in [6.45, 7) is 3.56. The second kappa shape index (κ2) is 7.33. The Bertz CT molecular complexity index is 170. The second-order valence-corrected chi connectivity index (χ2v) is 3.74. The normalized spacial score (nSPS) is 34.8. The number of hydrogen-bond acceptors (Lipinski definition) is 4. The highest BCUT2D eigenvalue weighted by atomic mass is 16.6. The lowest BCUT2D eigenvalue weighted by Crippen LogP contribution is -2.35. The molecule has 0 saturated carbocycles. The van der Waals surface area contributed by atoms with Gasteiger partial charge in [0.15, 0.2) is 0 Å². The third kappa shape index (κ3) is 4.19. The zero-order valence-electron chi connectivity index (χ0n) is 9.08. The van der Waals surface area contributed by atoms with Crippen LogP contribution in [0.2, 0.25) is 0 Å². The Kier molecular flexibility index (Phi) is 7.35. The molecule has 15 heavy (non-hydrogen) atoms. The van der Waals surface area contributed by atoms with Gasteiger partial charge in [-0.15, -0.1) is 0 Å². The molecule has 1 saturated heterocycles. The minimum Gasteiger partial charge on any atom is -0.394 e. The molecule has 0 aliphatic carbocycles. The first-order chi connectivity index (χ1) is 6.99. The molecular weight excluding hydrogens is 193 g/mol. The third-order valence-electron chi connectivity index (χ3n) is 2.24. The maximum Gasteiger partial charge on any atom is 0.111 e. The molecule has 0 spiro atoms. The first-order valence-corrected chi connectivity index (χ1v) is 4.87. The highest BCUT2D eigenvalue weighted by Crippen LogP contribution is 2.25. The summed E-state index contributed by atoms with van der Waals surface area (Å²) in [5.41, 5.74) is 0. The molecule has 81 valence electrons. The lowest BCUT2D eigenvalue weighted by atomic mass is 9.40. The van der Waals surface area contributed by atoms with Crippen molar-refractivity contribution in [3.63, 3.8) is 0 Å².